The van der Waals surface area contributed by atoms with Gasteiger partial charge in [0.05, 0.1) is 23.2 Å². The second-order valence-corrected chi connectivity index (χ2v) is 4.05. The van der Waals surface area contributed by atoms with E-state index in [2.05, 4.69) is 15.9 Å². The molecular weight excluding hydrogens is 304 g/mol. The van der Waals surface area contributed by atoms with Gasteiger partial charge in [0.15, 0.2) is 0 Å². The Morgan fingerprint density at radius 1 is 1.28 bits per heavy atom. The minimum atomic E-state index is -1.17. The molecule has 0 unspecified atom stereocenters. The molecule has 0 saturated heterocycles. The van der Waals surface area contributed by atoms with E-state index in [1.165, 1.54) is 12.1 Å². The number of hydrogen-bond acceptors (Lipinski definition) is 4. The molecule has 0 aliphatic heterocycles. The third kappa shape index (κ3) is 3.01. The summed E-state index contributed by atoms with van der Waals surface area (Å²) in [4.78, 5) is 22.8. The van der Waals surface area contributed by atoms with Gasteiger partial charge in [0.25, 0.3) is 0 Å². The zero-order chi connectivity index (χ0) is 13.7. The van der Waals surface area contributed by atoms with Crippen molar-refractivity contribution in [3.8, 4) is 5.75 Å². The molecule has 18 heavy (non-hydrogen) atoms. The zero-order valence-electron chi connectivity index (χ0n) is 10.0. The Kier molecular flexibility index (Phi) is 5.15. The Labute approximate surface area is 113 Å². The van der Waals surface area contributed by atoms with Crippen LogP contribution in [-0.4, -0.2) is 30.3 Å². The second-order valence-electron chi connectivity index (χ2n) is 3.26. The molecule has 1 rings (SSSR count). The number of esters is 1. The predicted octanol–water partition coefficient (Wildman–Crippen LogP) is 2.72. The van der Waals surface area contributed by atoms with Crippen molar-refractivity contribution < 1.29 is 24.2 Å². The number of carbonyl (C=O) groups excluding carboxylic acids is 1. The summed E-state index contributed by atoms with van der Waals surface area (Å²) < 4.78 is 10.2. The summed E-state index contributed by atoms with van der Waals surface area (Å²) in [5.41, 5.74) is 0.0834. The molecule has 1 N–H and O–H groups in total. The fourth-order valence-electron chi connectivity index (χ4n) is 1.40. The van der Waals surface area contributed by atoms with Crippen LogP contribution in [0, 0.1) is 0 Å². The zero-order valence-corrected chi connectivity index (χ0v) is 11.6. The molecule has 0 radical (unpaired) electrons. The highest BCUT2D eigenvalue weighted by molar-refractivity contribution is 9.10. The molecule has 0 heterocycles. The first kappa shape index (κ1) is 14.5. The van der Waals surface area contributed by atoms with Crippen LogP contribution in [-0.2, 0) is 4.74 Å². The highest BCUT2D eigenvalue weighted by Gasteiger charge is 2.22. The molecule has 0 aliphatic carbocycles. The predicted molar refractivity (Wildman–Crippen MR) is 68.2 cm³/mol. The molecule has 98 valence electrons. The smallest absolute Gasteiger partial charge is 0.340 e. The number of carboxylic acid groups (broad SMARTS) is 1. The number of benzene rings is 1. The molecule has 0 fully saturated rings. The van der Waals surface area contributed by atoms with Gasteiger partial charge in [-0.3, -0.25) is 0 Å². The maximum atomic E-state index is 11.6. The lowest BCUT2D eigenvalue weighted by Crippen LogP contribution is -2.10. The van der Waals surface area contributed by atoms with Crippen LogP contribution < -0.4 is 4.74 Å². The third-order valence-corrected chi connectivity index (χ3v) is 2.94. The second kappa shape index (κ2) is 6.39. The average Bonchev–Trinajstić information content (AvgIpc) is 2.29. The molecule has 0 aliphatic rings. The molecule has 5 nitrogen and oxygen atoms in total. The molecule has 0 atom stereocenters. The van der Waals surface area contributed by atoms with Crippen molar-refractivity contribution in [3.63, 3.8) is 0 Å². The summed E-state index contributed by atoms with van der Waals surface area (Å²) in [6.45, 7) is 3.99. The molecule has 0 amide bonds. The van der Waals surface area contributed by atoms with E-state index in [1.54, 1.807) is 13.8 Å². The highest BCUT2D eigenvalue weighted by Crippen LogP contribution is 2.31. The van der Waals surface area contributed by atoms with E-state index >= 15 is 0 Å². The summed E-state index contributed by atoms with van der Waals surface area (Å²) in [6, 6.07) is 2.92. The van der Waals surface area contributed by atoms with Gasteiger partial charge in [-0.25, -0.2) is 9.59 Å². The Morgan fingerprint density at radius 3 is 2.44 bits per heavy atom. The highest BCUT2D eigenvalue weighted by atomic mass is 79.9. The van der Waals surface area contributed by atoms with Crippen molar-refractivity contribution >= 4 is 27.9 Å². The summed E-state index contributed by atoms with van der Waals surface area (Å²) in [6.07, 6.45) is 0. The summed E-state index contributed by atoms with van der Waals surface area (Å²) in [7, 11) is 0. The van der Waals surface area contributed by atoms with Gasteiger partial charge in [0.1, 0.15) is 11.3 Å². The van der Waals surface area contributed by atoms with Gasteiger partial charge in [-0.05, 0) is 41.9 Å². The standard InChI is InChI=1S/C12H13BrO5/c1-3-17-8-6-5-7(12(16)18-4-2)10(13)9(8)11(14)15/h5-6H,3-4H2,1-2H3,(H,14,15). The van der Waals surface area contributed by atoms with Crippen LogP contribution in [0.2, 0.25) is 0 Å². The van der Waals surface area contributed by atoms with E-state index < -0.39 is 11.9 Å². The van der Waals surface area contributed by atoms with Gasteiger partial charge in [-0.2, -0.15) is 0 Å². The first-order valence-electron chi connectivity index (χ1n) is 5.38. The monoisotopic (exact) mass is 316 g/mol. The molecule has 1 aromatic rings. The molecule has 0 saturated carbocycles. The van der Waals surface area contributed by atoms with Crippen molar-refractivity contribution in [2.75, 3.05) is 13.2 Å². The number of ether oxygens (including phenoxy) is 2. The number of aromatic carboxylic acids is 1. The van der Waals surface area contributed by atoms with Crippen molar-refractivity contribution in [3.05, 3.63) is 27.7 Å². The number of carboxylic acids is 1. The largest absolute Gasteiger partial charge is 0.493 e. The quantitative estimate of drug-likeness (QED) is 0.845. The van der Waals surface area contributed by atoms with Crippen LogP contribution in [0.1, 0.15) is 34.6 Å². The number of halogens is 1. The normalized spacial score (nSPS) is 9.94. The van der Waals surface area contributed by atoms with Gasteiger partial charge in [0.2, 0.25) is 0 Å². The lowest BCUT2D eigenvalue weighted by molar-refractivity contribution is 0.0525. The molecule has 6 heteroatoms. The van der Waals surface area contributed by atoms with Crippen LogP contribution >= 0.6 is 15.9 Å². The lowest BCUT2D eigenvalue weighted by Gasteiger charge is -2.11. The van der Waals surface area contributed by atoms with Gasteiger partial charge in [-0.15, -0.1) is 0 Å². The van der Waals surface area contributed by atoms with Crippen molar-refractivity contribution in [2.24, 2.45) is 0 Å². The van der Waals surface area contributed by atoms with E-state index in [0.29, 0.717) is 6.61 Å². The SMILES string of the molecule is CCOC(=O)c1ccc(OCC)c(C(=O)O)c1Br. The Bertz CT molecular complexity index is 470. The van der Waals surface area contributed by atoms with Gasteiger partial charge >= 0.3 is 11.9 Å². The number of hydrogen-bond donors (Lipinski definition) is 1. The van der Waals surface area contributed by atoms with Crippen LogP contribution in [0.15, 0.2) is 16.6 Å². The fraction of sp³-hybridized carbons (Fsp3) is 0.333. The van der Waals surface area contributed by atoms with E-state index in [4.69, 9.17) is 14.6 Å². The molecular formula is C12H13BrO5. The number of carbonyl (C=O) groups is 2. The van der Waals surface area contributed by atoms with E-state index in [-0.39, 0.29) is 28.0 Å². The molecule has 0 aromatic heterocycles. The topological polar surface area (TPSA) is 72.8 Å². The Balaban J connectivity index is 3.30. The summed E-state index contributed by atoms with van der Waals surface area (Å²) in [5.74, 6) is -1.53. The molecule has 0 spiro atoms. The Morgan fingerprint density at radius 2 is 1.94 bits per heavy atom. The maximum absolute atomic E-state index is 11.6. The van der Waals surface area contributed by atoms with Crippen LogP contribution in [0.4, 0.5) is 0 Å². The van der Waals surface area contributed by atoms with Gasteiger partial charge in [-0.1, -0.05) is 0 Å². The van der Waals surface area contributed by atoms with Crippen LogP contribution in [0.3, 0.4) is 0 Å². The minimum Gasteiger partial charge on any atom is -0.493 e. The van der Waals surface area contributed by atoms with E-state index in [9.17, 15) is 9.59 Å². The third-order valence-electron chi connectivity index (χ3n) is 2.11. The average molecular weight is 317 g/mol. The molecule has 1 aromatic carbocycles. The lowest BCUT2D eigenvalue weighted by atomic mass is 10.1. The fourth-order valence-corrected chi connectivity index (χ4v) is 2.06. The Hall–Kier alpha value is -1.56. The molecule has 0 bridgehead atoms. The first-order chi connectivity index (χ1) is 8.52. The number of rotatable bonds is 5. The van der Waals surface area contributed by atoms with Gasteiger partial charge < -0.3 is 14.6 Å². The summed E-state index contributed by atoms with van der Waals surface area (Å²) >= 11 is 3.11. The van der Waals surface area contributed by atoms with Crippen LogP contribution in [0.25, 0.3) is 0 Å². The van der Waals surface area contributed by atoms with E-state index in [1.807, 2.05) is 0 Å². The minimum absolute atomic E-state index is 0.0811. The first-order valence-corrected chi connectivity index (χ1v) is 6.17. The van der Waals surface area contributed by atoms with Crippen LogP contribution in [0.5, 0.6) is 5.75 Å². The van der Waals surface area contributed by atoms with Crippen molar-refractivity contribution in [1.82, 2.24) is 0 Å². The summed E-state index contributed by atoms with van der Waals surface area (Å²) in [5, 5.41) is 9.15. The van der Waals surface area contributed by atoms with Crippen molar-refractivity contribution in [1.29, 1.82) is 0 Å². The maximum Gasteiger partial charge on any atom is 0.340 e. The van der Waals surface area contributed by atoms with Gasteiger partial charge in [0, 0.05) is 0 Å². The van der Waals surface area contributed by atoms with E-state index in [0.717, 1.165) is 0 Å². The van der Waals surface area contributed by atoms with Crippen molar-refractivity contribution in [2.45, 2.75) is 13.8 Å².